The second-order valence-corrected chi connectivity index (χ2v) is 8.16. The number of nitrogens with zero attached hydrogens (tertiary/aromatic N) is 1. The van der Waals surface area contributed by atoms with Gasteiger partial charge in [-0.05, 0) is 36.5 Å². The molecule has 19 heavy (non-hydrogen) atoms. The van der Waals surface area contributed by atoms with Crippen molar-refractivity contribution in [3.8, 4) is 0 Å². The molecule has 1 saturated heterocycles. The van der Waals surface area contributed by atoms with Gasteiger partial charge in [0.25, 0.3) is 0 Å². The van der Waals surface area contributed by atoms with Crippen LogP contribution in [0.2, 0.25) is 0 Å². The van der Waals surface area contributed by atoms with Gasteiger partial charge in [-0.25, -0.2) is 12.8 Å². The monoisotopic (exact) mass is 349 g/mol. The maximum atomic E-state index is 13.9. The number of hydrogen-bond donors (Lipinski definition) is 0. The molecule has 0 aromatic heterocycles. The molecule has 1 aliphatic rings. The van der Waals surface area contributed by atoms with Crippen LogP contribution in [0.25, 0.3) is 0 Å². The predicted octanol–water partition coefficient (Wildman–Crippen LogP) is 3.25. The van der Waals surface area contributed by atoms with Gasteiger partial charge in [0.15, 0.2) is 0 Å². The number of hydrogen-bond acceptors (Lipinski definition) is 2. The average Bonchev–Trinajstić information content (AvgIpc) is 2.26. The Kier molecular flexibility index (Phi) is 4.32. The number of piperidine rings is 1. The highest BCUT2D eigenvalue weighted by Gasteiger charge is 2.33. The zero-order valence-corrected chi connectivity index (χ0v) is 13.3. The Balaban J connectivity index is 2.36. The molecular weight excluding hydrogens is 333 g/mol. The van der Waals surface area contributed by atoms with Crippen molar-refractivity contribution in [3.05, 3.63) is 28.5 Å². The molecule has 1 aromatic rings. The highest BCUT2D eigenvalue weighted by molar-refractivity contribution is 9.10. The SMILES string of the molecule is CC1CC(C)CN(S(=O)(=O)c2ccc(Br)cc2F)C1. The Hall–Kier alpha value is -0.460. The first-order chi connectivity index (χ1) is 8.80. The quantitative estimate of drug-likeness (QED) is 0.821. The van der Waals surface area contributed by atoms with E-state index in [2.05, 4.69) is 15.9 Å². The predicted molar refractivity (Wildman–Crippen MR) is 75.8 cm³/mol. The van der Waals surface area contributed by atoms with Crippen molar-refractivity contribution in [1.82, 2.24) is 4.31 Å². The van der Waals surface area contributed by atoms with Crippen LogP contribution in [-0.4, -0.2) is 25.8 Å². The first kappa shape index (κ1) is 14.9. The number of halogens is 2. The summed E-state index contributed by atoms with van der Waals surface area (Å²) in [5.41, 5.74) is 0. The molecule has 0 aliphatic carbocycles. The molecule has 6 heteroatoms. The zero-order chi connectivity index (χ0) is 14.2. The van der Waals surface area contributed by atoms with E-state index >= 15 is 0 Å². The van der Waals surface area contributed by atoms with E-state index in [1.165, 1.54) is 16.4 Å². The van der Waals surface area contributed by atoms with Gasteiger partial charge in [-0.15, -0.1) is 0 Å². The Morgan fingerprint density at radius 3 is 2.37 bits per heavy atom. The minimum atomic E-state index is -3.74. The van der Waals surface area contributed by atoms with Crippen molar-refractivity contribution in [3.63, 3.8) is 0 Å². The molecule has 1 aliphatic heterocycles. The van der Waals surface area contributed by atoms with Crippen molar-refractivity contribution >= 4 is 26.0 Å². The molecule has 2 atom stereocenters. The minimum Gasteiger partial charge on any atom is -0.207 e. The molecule has 3 nitrogen and oxygen atoms in total. The minimum absolute atomic E-state index is 0.239. The van der Waals surface area contributed by atoms with Gasteiger partial charge in [0.2, 0.25) is 10.0 Å². The van der Waals surface area contributed by atoms with E-state index in [4.69, 9.17) is 0 Å². The maximum Gasteiger partial charge on any atom is 0.246 e. The van der Waals surface area contributed by atoms with Gasteiger partial charge in [0, 0.05) is 17.6 Å². The van der Waals surface area contributed by atoms with Crippen LogP contribution in [-0.2, 0) is 10.0 Å². The number of rotatable bonds is 2. The van der Waals surface area contributed by atoms with E-state index in [0.29, 0.717) is 29.4 Å². The van der Waals surface area contributed by atoms with Crippen molar-refractivity contribution in [2.45, 2.75) is 25.2 Å². The lowest BCUT2D eigenvalue weighted by Gasteiger charge is -2.34. The van der Waals surface area contributed by atoms with Crippen LogP contribution in [0.3, 0.4) is 0 Å². The van der Waals surface area contributed by atoms with Crippen LogP contribution in [0.1, 0.15) is 20.3 Å². The van der Waals surface area contributed by atoms with Gasteiger partial charge in [0.05, 0.1) is 0 Å². The van der Waals surface area contributed by atoms with E-state index in [-0.39, 0.29) is 4.90 Å². The third-order valence-electron chi connectivity index (χ3n) is 3.35. The van der Waals surface area contributed by atoms with Gasteiger partial charge >= 0.3 is 0 Å². The van der Waals surface area contributed by atoms with Crippen molar-refractivity contribution < 1.29 is 12.8 Å². The zero-order valence-electron chi connectivity index (χ0n) is 10.9. The first-order valence-corrected chi connectivity index (χ1v) is 8.49. The standard InChI is InChI=1S/C13H17BrFNO2S/c1-9-5-10(2)8-16(7-9)19(17,18)13-4-3-11(14)6-12(13)15/h3-4,6,9-10H,5,7-8H2,1-2H3. The van der Waals surface area contributed by atoms with Crippen LogP contribution in [0.5, 0.6) is 0 Å². The lowest BCUT2D eigenvalue weighted by molar-refractivity contribution is 0.222. The first-order valence-electron chi connectivity index (χ1n) is 6.26. The van der Waals surface area contributed by atoms with Crippen molar-refractivity contribution in [1.29, 1.82) is 0 Å². The fourth-order valence-corrected chi connectivity index (χ4v) is 4.68. The number of sulfonamides is 1. The molecule has 1 fully saturated rings. The van der Waals surface area contributed by atoms with Crippen LogP contribution >= 0.6 is 15.9 Å². The van der Waals surface area contributed by atoms with Gasteiger partial charge in [-0.1, -0.05) is 29.8 Å². The van der Waals surface area contributed by atoms with Gasteiger partial charge in [-0.2, -0.15) is 4.31 Å². The summed E-state index contributed by atoms with van der Waals surface area (Å²) in [4.78, 5) is -0.239. The largest absolute Gasteiger partial charge is 0.246 e. The lowest BCUT2D eigenvalue weighted by Crippen LogP contribution is -2.42. The third kappa shape index (κ3) is 3.17. The second kappa shape index (κ2) is 5.50. The van der Waals surface area contributed by atoms with E-state index < -0.39 is 15.8 Å². The highest BCUT2D eigenvalue weighted by atomic mass is 79.9. The molecule has 2 rings (SSSR count). The van der Waals surface area contributed by atoms with Crippen LogP contribution in [0, 0.1) is 17.7 Å². The fourth-order valence-electron chi connectivity index (χ4n) is 2.63. The molecule has 0 spiro atoms. The smallest absolute Gasteiger partial charge is 0.207 e. The second-order valence-electron chi connectivity index (χ2n) is 5.34. The van der Waals surface area contributed by atoms with Gasteiger partial charge in [-0.3, -0.25) is 0 Å². The molecule has 0 radical (unpaired) electrons. The topological polar surface area (TPSA) is 37.4 Å². The summed E-state index contributed by atoms with van der Waals surface area (Å²) < 4.78 is 40.8. The lowest BCUT2D eigenvalue weighted by atomic mass is 9.94. The van der Waals surface area contributed by atoms with Crippen LogP contribution in [0.4, 0.5) is 4.39 Å². The summed E-state index contributed by atoms with van der Waals surface area (Å²) >= 11 is 3.13. The molecular formula is C13H17BrFNO2S. The summed E-state index contributed by atoms with van der Waals surface area (Å²) in [5.74, 6) is -0.102. The van der Waals surface area contributed by atoms with E-state index in [1.54, 1.807) is 6.07 Å². The summed E-state index contributed by atoms with van der Waals surface area (Å²) in [6.07, 6.45) is 1.01. The summed E-state index contributed by atoms with van der Waals surface area (Å²) in [6.45, 7) is 4.97. The Morgan fingerprint density at radius 2 is 1.84 bits per heavy atom. The Bertz CT molecular complexity index is 566. The van der Waals surface area contributed by atoms with Crippen molar-refractivity contribution in [2.75, 3.05) is 13.1 Å². The van der Waals surface area contributed by atoms with Crippen LogP contribution in [0.15, 0.2) is 27.6 Å². The van der Waals surface area contributed by atoms with E-state index in [1.807, 2.05) is 13.8 Å². The molecule has 106 valence electrons. The third-order valence-corrected chi connectivity index (χ3v) is 5.71. The highest BCUT2D eigenvalue weighted by Crippen LogP contribution is 2.28. The Morgan fingerprint density at radius 1 is 1.26 bits per heavy atom. The van der Waals surface area contributed by atoms with Gasteiger partial charge < -0.3 is 0 Å². The Labute approximate surface area is 122 Å². The molecule has 1 aromatic carbocycles. The summed E-state index contributed by atoms with van der Waals surface area (Å²) in [7, 11) is -3.74. The molecule has 0 bridgehead atoms. The molecule has 1 heterocycles. The van der Waals surface area contributed by atoms with Crippen molar-refractivity contribution in [2.24, 2.45) is 11.8 Å². The van der Waals surface area contributed by atoms with E-state index in [0.717, 1.165) is 6.42 Å². The molecule has 2 unspecified atom stereocenters. The average molecular weight is 350 g/mol. The molecule has 0 saturated carbocycles. The molecule has 0 N–H and O–H groups in total. The summed E-state index contributed by atoms with van der Waals surface area (Å²) in [6, 6.07) is 4.05. The normalized spacial score (nSPS) is 25.5. The number of benzene rings is 1. The van der Waals surface area contributed by atoms with E-state index in [9.17, 15) is 12.8 Å². The van der Waals surface area contributed by atoms with Crippen LogP contribution < -0.4 is 0 Å². The summed E-state index contributed by atoms with van der Waals surface area (Å²) in [5, 5.41) is 0. The molecule has 0 amide bonds. The maximum absolute atomic E-state index is 13.9. The van der Waals surface area contributed by atoms with Gasteiger partial charge in [0.1, 0.15) is 10.7 Å². The fraction of sp³-hybridized carbons (Fsp3) is 0.538.